The highest BCUT2D eigenvalue weighted by Crippen LogP contribution is 2.21. The summed E-state index contributed by atoms with van der Waals surface area (Å²) in [5, 5.41) is 13.4. The van der Waals surface area contributed by atoms with Gasteiger partial charge in [0.1, 0.15) is 6.04 Å². The van der Waals surface area contributed by atoms with E-state index in [0.29, 0.717) is 13.0 Å². The predicted octanol–water partition coefficient (Wildman–Crippen LogP) is -0.663. The summed E-state index contributed by atoms with van der Waals surface area (Å²) >= 11 is 0. The monoisotopic (exact) mass is 213 g/mol. The molecule has 2 aliphatic rings. The van der Waals surface area contributed by atoms with Gasteiger partial charge >= 0.3 is 12.1 Å². The number of rotatable bonds is 1. The average molecular weight is 213 g/mol. The highest BCUT2D eigenvalue weighted by atomic mass is 16.4. The zero-order valence-corrected chi connectivity index (χ0v) is 7.90. The minimum absolute atomic E-state index is 0.416. The summed E-state index contributed by atoms with van der Waals surface area (Å²) in [6.45, 7) is 0.416. The molecule has 0 saturated carbocycles. The van der Waals surface area contributed by atoms with Crippen LogP contribution < -0.4 is 10.6 Å². The van der Waals surface area contributed by atoms with E-state index < -0.39 is 30.1 Å². The maximum Gasteiger partial charge on any atom is 0.407 e. The summed E-state index contributed by atoms with van der Waals surface area (Å²) in [5.41, 5.74) is 0. The first kappa shape index (κ1) is 9.75. The van der Waals surface area contributed by atoms with Crippen molar-refractivity contribution in [2.24, 2.45) is 0 Å². The van der Waals surface area contributed by atoms with E-state index >= 15 is 0 Å². The second kappa shape index (κ2) is 3.41. The van der Waals surface area contributed by atoms with E-state index in [0.717, 1.165) is 6.42 Å². The van der Waals surface area contributed by atoms with Crippen LogP contribution >= 0.6 is 0 Å². The van der Waals surface area contributed by atoms with Gasteiger partial charge in [0, 0.05) is 6.54 Å². The molecule has 2 heterocycles. The summed E-state index contributed by atoms with van der Waals surface area (Å²) in [4.78, 5) is 34.3. The largest absolute Gasteiger partial charge is 0.465 e. The van der Waals surface area contributed by atoms with Gasteiger partial charge in [0.15, 0.2) is 0 Å². The Labute approximate surface area is 85.4 Å². The second-order valence-corrected chi connectivity index (χ2v) is 3.63. The molecule has 2 fully saturated rings. The molecule has 0 radical (unpaired) electrons. The SMILES string of the molecule is O=C1NC(=O)[C@H]([C@@H]2CCCN2C(=O)O)N1. The predicted molar refractivity (Wildman–Crippen MR) is 48.2 cm³/mol. The van der Waals surface area contributed by atoms with Crippen LogP contribution in [0.15, 0.2) is 0 Å². The molecule has 7 nitrogen and oxygen atoms in total. The number of carboxylic acid groups (broad SMARTS) is 1. The van der Waals surface area contributed by atoms with Gasteiger partial charge in [0.2, 0.25) is 0 Å². The van der Waals surface area contributed by atoms with E-state index in [1.54, 1.807) is 0 Å². The van der Waals surface area contributed by atoms with Crippen molar-refractivity contribution >= 4 is 18.0 Å². The number of carbonyl (C=O) groups excluding carboxylic acids is 2. The normalized spacial score (nSPS) is 30.3. The molecular formula is C8H11N3O4. The third-order valence-electron chi connectivity index (χ3n) is 2.74. The van der Waals surface area contributed by atoms with Crippen molar-refractivity contribution in [2.45, 2.75) is 24.9 Å². The van der Waals surface area contributed by atoms with Gasteiger partial charge in [-0.25, -0.2) is 9.59 Å². The lowest BCUT2D eigenvalue weighted by molar-refractivity contribution is -0.121. The van der Waals surface area contributed by atoms with E-state index in [-0.39, 0.29) is 0 Å². The highest BCUT2D eigenvalue weighted by molar-refractivity contribution is 6.04. The van der Waals surface area contributed by atoms with Crippen molar-refractivity contribution in [3.8, 4) is 0 Å². The van der Waals surface area contributed by atoms with Crippen molar-refractivity contribution < 1.29 is 19.5 Å². The van der Waals surface area contributed by atoms with E-state index in [1.165, 1.54) is 4.90 Å². The van der Waals surface area contributed by atoms with Crippen LogP contribution in [-0.4, -0.2) is 46.7 Å². The molecule has 0 spiro atoms. The van der Waals surface area contributed by atoms with Gasteiger partial charge in [-0.05, 0) is 12.8 Å². The molecular weight excluding hydrogens is 202 g/mol. The molecule has 0 unspecified atom stereocenters. The van der Waals surface area contributed by atoms with Gasteiger partial charge in [-0.1, -0.05) is 0 Å². The van der Waals surface area contributed by atoms with Crippen LogP contribution in [0.3, 0.4) is 0 Å². The number of carbonyl (C=O) groups is 3. The zero-order chi connectivity index (χ0) is 11.0. The quantitative estimate of drug-likeness (QED) is 0.503. The number of hydrogen-bond acceptors (Lipinski definition) is 3. The molecule has 4 amide bonds. The first-order valence-corrected chi connectivity index (χ1v) is 4.70. The molecule has 0 aromatic rings. The fourth-order valence-corrected chi connectivity index (χ4v) is 2.08. The first-order chi connectivity index (χ1) is 7.09. The number of nitrogens with zero attached hydrogens (tertiary/aromatic N) is 1. The molecule has 82 valence electrons. The standard InChI is InChI=1S/C8H11N3O4/c12-6-5(9-7(13)10-6)4-2-1-3-11(4)8(14)15/h4-5H,1-3H2,(H,14,15)(H2,9,10,12,13)/t4-,5-/m0/s1. The van der Waals surface area contributed by atoms with Crippen molar-refractivity contribution in [1.29, 1.82) is 0 Å². The summed E-state index contributed by atoms with van der Waals surface area (Å²) in [6, 6.07) is -1.73. The Morgan fingerprint density at radius 2 is 2.20 bits per heavy atom. The third-order valence-corrected chi connectivity index (χ3v) is 2.74. The lowest BCUT2D eigenvalue weighted by Crippen LogP contribution is -2.49. The maximum absolute atomic E-state index is 11.3. The summed E-state index contributed by atoms with van der Waals surface area (Å²) in [5.74, 6) is -0.446. The number of likely N-dealkylation sites (tertiary alicyclic amines) is 1. The van der Waals surface area contributed by atoms with Gasteiger partial charge in [0.05, 0.1) is 6.04 Å². The fourth-order valence-electron chi connectivity index (χ4n) is 2.08. The molecule has 2 atom stereocenters. The Hall–Kier alpha value is -1.79. The van der Waals surface area contributed by atoms with Crippen LogP contribution in [0.4, 0.5) is 9.59 Å². The molecule has 0 bridgehead atoms. The average Bonchev–Trinajstić information content (AvgIpc) is 2.71. The zero-order valence-electron chi connectivity index (χ0n) is 7.90. The van der Waals surface area contributed by atoms with Crippen LogP contribution in [-0.2, 0) is 4.79 Å². The molecule has 0 aromatic carbocycles. The van der Waals surface area contributed by atoms with Crippen LogP contribution in [0.2, 0.25) is 0 Å². The van der Waals surface area contributed by atoms with E-state index in [1.807, 2.05) is 0 Å². The Morgan fingerprint density at radius 1 is 1.47 bits per heavy atom. The summed E-state index contributed by atoms with van der Waals surface area (Å²) in [6.07, 6.45) is 0.271. The molecule has 0 aliphatic carbocycles. The smallest absolute Gasteiger partial charge is 0.407 e. The van der Waals surface area contributed by atoms with Crippen molar-refractivity contribution in [1.82, 2.24) is 15.5 Å². The number of hydrogen-bond donors (Lipinski definition) is 3. The van der Waals surface area contributed by atoms with Gasteiger partial charge < -0.3 is 15.3 Å². The van der Waals surface area contributed by atoms with Crippen LogP contribution in [0.1, 0.15) is 12.8 Å². The fraction of sp³-hybridized carbons (Fsp3) is 0.625. The number of nitrogens with one attached hydrogen (secondary N) is 2. The Bertz CT molecular complexity index is 330. The first-order valence-electron chi connectivity index (χ1n) is 4.70. The molecule has 2 aliphatic heterocycles. The molecule has 7 heteroatoms. The van der Waals surface area contributed by atoms with Crippen LogP contribution in [0.5, 0.6) is 0 Å². The van der Waals surface area contributed by atoms with Crippen molar-refractivity contribution in [2.75, 3.05) is 6.54 Å². The van der Waals surface area contributed by atoms with Crippen LogP contribution in [0, 0.1) is 0 Å². The number of imide groups is 1. The summed E-state index contributed by atoms with van der Waals surface area (Å²) in [7, 11) is 0. The second-order valence-electron chi connectivity index (χ2n) is 3.63. The van der Waals surface area contributed by atoms with Gasteiger partial charge in [-0.15, -0.1) is 0 Å². The number of amides is 4. The van der Waals surface area contributed by atoms with Gasteiger partial charge in [-0.3, -0.25) is 10.1 Å². The number of urea groups is 1. The summed E-state index contributed by atoms with van der Waals surface area (Å²) < 4.78 is 0. The maximum atomic E-state index is 11.3. The minimum atomic E-state index is -1.05. The van der Waals surface area contributed by atoms with E-state index in [9.17, 15) is 14.4 Å². The van der Waals surface area contributed by atoms with Crippen molar-refractivity contribution in [3.63, 3.8) is 0 Å². The lowest BCUT2D eigenvalue weighted by atomic mass is 10.1. The molecule has 2 rings (SSSR count). The third kappa shape index (κ3) is 1.60. The lowest BCUT2D eigenvalue weighted by Gasteiger charge is -2.24. The van der Waals surface area contributed by atoms with E-state index in [2.05, 4.69) is 10.6 Å². The highest BCUT2D eigenvalue weighted by Gasteiger charge is 2.42. The van der Waals surface area contributed by atoms with E-state index in [4.69, 9.17) is 5.11 Å². The molecule has 0 aromatic heterocycles. The van der Waals surface area contributed by atoms with Crippen LogP contribution in [0.25, 0.3) is 0 Å². The Balaban J connectivity index is 2.13. The Kier molecular flexibility index (Phi) is 2.22. The van der Waals surface area contributed by atoms with Gasteiger partial charge in [0.25, 0.3) is 5.91 Å². The molecule has 3 N–H and O–H groups in total. The van der Waals surface area contributed by atoms with Crippen molar-refractivity contribution in [3.05, 3.63) is 0 Å². The Morgan fingerprint density at radius 3 is 2.73 bits per heavy atom. The molecule has 15 heavy (non-hydrogen) atoms. The topological polar surface area (TPSA) is 98.7 Å². The molecule has 2 saturated heterocycles. The minimum Gasteiger partial charge on any atom is -0.465 e. The van der Waals surface area contributed by atoms with Gasteiger partial charge in [-0.2, -0.15) is 0 Å².